The monoisotopic (exact) mass is 410 g/mol. The number of hydrogen-bond acceptors (Lipinski definition) is 5. The fourth-order valence-electron chi connectivity index (χ4n) is 3.52. The van der Waals surface area contributed by atoms with Crippen LogP contribution in [-0.4, -0.2) is 48.8 Å². The maximum atomic E-state index is 13.2. The molecule has 8 heteroatoms. The quantitative estimate of drug-likeness (QED) is 0.598. The van der Waals surface area contributed by atoms with E-state index in [0.717, 1.165) is 31.6 Å². The Bertz CT molecular complexity index is 965. The molecule has 0 unspecified atom stereocenters. The van der Waals surface area contributed by atoms with E-state index < -0.39 is 10.8 Å². The van der Waals surface area contributed by atoms with Gasteiger partial charge in [-0.3, -0.25) is 19.7 Å². The summed E-state index contributed by atoms with van der Waals surface area (Å²) in [5, 5.41) is 13.7. The number of amides is 2. The molecule has 0 saturated carbocycles. The molecule has 0 aromatic heterocycles. The second-order valence-electron chi connectivity index (χ2n) is 7.86. The topological polar surface area (TPSA) is 95.8 Å². The van der Waals surface area contributed by atoms with Crippen molar-refractivity contribution in [3.63, 3.8) is 0 Å². The summed E-state index contributed by atoms with van der Waals surface area (Å²) in [5.74, 6) is 0.0847. The van der Waals surface area contributed by atoms with Gasteiger partial charge < -0.3 is 15.1 Å². The predicted molar refractivity (Wildman–Crippen MR) is 116 cm³/mol. The van der Waals surface area contributed by atoms with Gasteiger partial charge in [0.25, 0.3) is 17.5 Å². The van der Waals surface area contributed by atoms with Crippen molar-refractivity contribution in [1.82, 2.24) is 4.90 Å². The molecule has 1 saturated heterocycles. The highest BCUT2D eigenvalue weighted by atomic mass is 16.6. The zero-order valence-corrected chi connectivity index (χ0v) is 17.4. The first-order chi connectivity index (χ1) is 14.3. The van der Waals surface area contributed by atoms with Crippen LogP contribution >= 0.6 is 0 Å². The first-order valence-electron chi connectivity index (χ1n) is 9.92. The van der Waals surface area contributed by atoms with Crippen molar-refractivity contribution >= 4 is 28.9 Å². The van der Waals surface area contributed by atoms with Crippen LogP contribution in [0.4, 0.5) is 17.1 Å². The van der Waals surface area contributed by atoms with Gasteiger partial charge in [-0.1, -0.05) is 13.0 Å². The molecule has 1 fully saturated rings. The van der Waals surface area contributed by atoms with Crippen molar-refractivity contribution in [2.45, 2.75) is 19.8 Å². The van der Waals surface area contributed by atoms with E-state index in [4.69, 9.17) is 0 Å². The van der Waals surface area contributed by atoms with Crippen molar-refractivity contribution in [1.29, 1.82) is 0 Å². The van der Waals surface area contributed by atoms with Crippen LogP contribution in [0, 0.1) is 16.0 Å². The van der Waals surface area contributed by atoms with Crippen LogP contribution in [0.1, 0.15) is 40.5 Å². The van der Waals surface area contributed by atoms with Gasteiger partial charge in [-0.05, 0) is 43.0 Å². The SMILES string of the molecule is CC1CCN(C(=O)c2cc(NC(=O)c3cccc([N+](=O)[O-])c3)ccc2N(C)C)CC1. The van der Waals surface area contributed by atoms with Gasteiger partial charge in [-0.2, -0.15) is 0 Å². The van der Waals surface area contributed by atoms with E-state index in [0.29, 0.717) is 17.2 Å². The number of nitrogens with one attached hydrogen (secondary N) is 1. The Balaban J connectivity index is 1.85. The van der Waals surface area contributed by atoms with Crippen LogP contribution in [0.3, 0.4) is 0 Å². The Labute approximate surface area is 175 Å². The molecule has 2 amide bonds. The minimum Gasteiger partial charge on any atom is -0.377 e. The molecule has 158 valence electrons. The number of benzene rings is 2. The fraction of sp³-hybridized carbons (Fsp3) is 0.364. The minimum absolute atomic E-state index is 0.0583. The summed E-state index contributed by atoms with van der Waals surface area (Å²) in [4.78, 5) is 39.9. The normalized spacial score (nSPS) is 14.3. The number of anilines is 2. The summed E-state index contributed by atoms with van der Waals surface area (Å²) in [6, 6.07) is 10.7. The number of hydrogen-bond donors (Lipinski definition) is 1. The van der Waals surface area contributed by atoms with Gasteiger partial charge in [-0.25, -0.2) is 0 Å². The highest BCUT2D eigenvalue weighted by Crippen LogP contribution is 2.27. The minimum atomic E-state index is -0.543. The molecule has 0 atom stereocenters. The lowest BCUT2D eigenvalue weighted by atomic mass is 9.98. The number of piperidine rings is 1. The summed E-state index contributed by atoms with van der Waals surface area (Å²) >= 11 is 0. The Morgan fingerprint density at radius 1 is 1.13 bits per heavy atom. The maximum Gasteiger partial charge on any atom is 0.270 e. The van der Waals surface area contributed by atoms with Crippen LogP contribution in [-0.2, 0) is 0 Å². The summed E-state index contributed by atoms with van der Waals surface area (Å²) < 4.78 is 0. The standard InChI is InChI=1S/C22H26N4O4/c1-15-9-11-25(12-10-15)22(28)19-14-17(7-8-20(19)24(2)3)23-21(27)16-5-4-6-18(13-16)26(29)30/h4-8,13-15H,9-12H2,1-3H3,(H,23,27). The van der Waals surface area contributed by atoms with Crippen molar-refractivity contribution in [2.75, 3.05) is 37.4 Å². The van der Waals surface area contributed by atoms with Crippen molar-refractivity contribution < 1.29 is 14.5 Å². The summed E-state index contributed by atoms with van der Waals surface area (Å²) in [7, 11) is 3.73. The molecule has 0 aliphatic carbocycles. The van der Waals surface area contributed by atoms with Crippen LogP contribution in [0.2, 0.25) is 0 Å². The number of nitro groups is 1. The number of non-ortho nitro benzene ring substituents is 1. The zero-order chi connectivity index (χ0) is 21.8. The molecular formula is C22H26N4O4. The smallest absolute Gasteiger partial charge is 0.270 e. The van der Waals surface area contributed by atoms with Gasteiger partial charge in [0.15, 0.2) is 0 Å². The van der Waals surface area contributed by atoms with E-state index in [1.54, 1.807) is 18.2 Å². The molecule has 2 aromatic carbocycles. The molecule has 30 heavy (non-hydrogen) atoms. The summed E-state index contributed by atoms with van der Waals surface area (Å²) in [6.45, 7) is 3.63. The molecule has 1 aliphatic heterocycles. The van der Waals surface area contributed by atoms with Gasteiger partial charge >= 0.3 is 0 Å². The first kappa shape index (κ1) is 21.3. The lowest BCUT2D eigenvalue weighted by molar-refractivity contribution is -0.384. The third kappa shape index (κ3) is 4.76. The second kappa shape index (κ2) is 8.94. The average molecular weight is 410 g/mol. The summed E-state index contributed by atoms with van der Waals surface area (Å²) in [6.07, 6.45) is 1.96. The predicted octanol–water partition coefficient (Wildman–Crippen LogP) is 3.79. The van der Waals surface area contributed by atoms with Crippen LogP contribution in [0.15, 0.2) is 42.5 Å². The molecule has 1 heterocycles. The number of nitrogens with zero attached hydrogens (tertiary/aromatic N) is 3. The Morgan fingerprint density at radius 3 is 2.47 bits per heavy atom. The van der Waals surface area contributed by atoms with Gasteiger partial charge in [0.1, 0.15) is 0 Å². The van der Waals surface area contributed by atoms with Crippen LogP contribution in [0.25, 0.3) is 0 Å². The van der Waals surface area contributed by atoms with Gasteiger partial charge in [0, 0.05) is 56.3 Å². The Morgan fingerprint density at radius 2 is 1.83 bits per heavy atom. The van der Waals surface area contributed by atoms with Crippen LogP contribution < -0.4 is 10.2 Å². The number of carbonyl (C=O) groups excluding carboxylic acids is 2. The van der Waals surface area contributed by atoms with Crippen molar-refractivity contribution in [3.8, 4) is 0 Å². The Kier molecular flexibility index (Phi) is 6.34. The molecule has 2 aromatic rings. The van der Waals surface area contributed by atoms with E-state index in [1.165, 1.54) is 24.3 Å². The highest BCUT2D eigenvalue weighted by Gasteiger charge is 2.24. The van der Waals surface area contributed by atoms with Gasteiger partial charge in [-0.15, -0.1) is 0 Å². The molecular weight excluding hydrogens is 384 g/mol. The lowest BCUT2D eigenvalue weighted by Crippen LogP contribution is -2.38. The van der Waals surface area contributed by atoms with Gasteiger partial charge in [0.2, 0.25) is 0 Å². The van der Waals surface area contributed by atoms with E-state index in [9.17, 15) is 19.7 Å². The maximum absolute atomic E-state index is 13.2. The molecule has 0 spiro atoms. The van der Waals surface area contributed by atoms with Crippen molar-refractivity contribution in [2.24, 2.45) is 5.92 Å². The molecule has 1 aliphatic rings. The van der Waals surface area contributed by atoms with E-state index in [2.05, 4.69) is 12.2 Å². The van der Waals surface area contributed by atoms with Gasteiger partial charge in [0.05, 0.1) is 10.5 Å². The molecule has 0 radical (unpaired) electrons. The third-order valence-electron chi connectivity index (χ3n) is 5.36. The number of carbonyl (C=O) groups is 2. The van der Waals surface area contributed by atoms with E-state index >= 15 is 0 Å². The first-order valence-corrected chi connectivity index (χ1v) is 9.92. The number of nitro benzene ring substituents is 1. The second-order valence-corrected chi connectivity index (χ2v) is 7.86. The lowest BCUT2D eigenvalue weighted by Gasteiger charge is -2.31. The third-order valence-corrected chi connectivity index (χ3v) is 5.36. The number of likely N-dealkylation sites (tertiary alicyclic amines) is 1. The molecule has 0 bridgehead atoms. The van der Waals surface area contributed by atoms with E-state index in [-0.39, 0.29) is 17.2 Å². The largest absolute Gasteiger partial charge is 0.377 e. The average Bonchev–Trinajstić information content (AvgIpc) is 2.73. The Hall–Kier alpha value is -3.42. The van der Waals surface area contributed by atoms with E-state index in [1.807, 2.05) is 23.9 Å². The zero-order valence-electron chi connectivity index (χ0n) is 17.4. The van der Waals surface area contributed by atoms with Crippen molar-refractivity contribution in [3.05, 3.63) is 63.7 Å². The summed E-state index contributed by atoms with van der Waals surface area (Å²) in [5.41, 5.74) is 1.78. The fourth-order valence-corrected chi connectivity index (χ4v) is 3.52. The molecule has 1 N–H and O–H groups in total. The highest BCUT2D eigenvalue weighted by molar-refractivity contribution is 6.06. The molecule has 8 nitrogen and oxygen atoms in total. The molecule has 3 rings (SSSR count). The number of rotatable bonds is 5. The van der Waals surface area contributed by atoms with Crippen LogP contribution in [0.5, 0.6) is 0 Å².